The van der Waals surface area contributed by atoms with Crippen molar-refractivity contribution in [3.63, 3.8) is 0 Å². The number of hydrogen-bond acceptors (Lipinski definition) is 2. The third-order valence-corrected chi connectivity index (χ3v) is 11.5. The lowest BCUT2D eigenvalue weighted by atomic mass is 9.67. The van der Waals surface area contributed by atoms with Gasteiger partial charge in [-0.1, -0.05) is 140 Å². The molecule has 0 radical (unpaired) electrons. The summed E-state index contributed by atoms with van der Waals surface area (Å²) in [7, 11) is 0. The van der Waals surface area contributed by atoms with Crippen LogP contribution in [0.15, 0.2) is 176 Å². The van der Waals surface area contributed by atoms with E-state index in [2.05, 4.69) is 180 Å². The fourth-order valence-electron chi connectivity index (χ4n) is 9.36. The predicted octanol–water partition coefficient (Wildman–Crippen LogP) is 12.0. The summed E-state index contributed by atoms with van der Waals surface area (Å²) in [6.07, 6.45) is 0. The zero-order valence-electron chi connectivity index (χ0n) is 28.1. The van der Waals surface area contributed by atoms with Gasteiger partial charge in [-0.05, 0) is 91.7 Å². The van der Waals surface area contributed by atoms with Crippen LogP contribution in [0.2, 0.25) is 0 Å². The van der Waals surface area contributed by atoms with E-state index in [4.69, 9.17) is 9.97 Å². The molecule has 1 aliphatic carbocycles. The van der Waals surface area contributed by atoms with Gasteiger partial charge >= 0.3 is 0 Å². The Labute approximate surface area is 299 Å². The van der Waals surface area contributed by atoms with Gasteiger partial charge in [0.2, 0.25) is 0 Å². The Morgan fingerprint density at radius 3 is 1.81 bits per heavy atom. The van der Waals surface area contributed by atoms with Gasteiger partial charge in [0.05, 0.1) is 27.5 Å². The average Bonchev–Trinajstić information content (AvgIpc) is 3.82. The molecule has 11 aromatic rings. The van der Waals surface area contributed by atoms with E-state index in [0.29, 0.717) is 0 Å². The fourth-order valence-corrected chi connectivity index (χ4v) is 9.36. The third kappa shape index (κ3) is 3.54. The maximum Gasteiger partial charge on any atom is 0.165 e. The first-order valence-corrected chi connectivity index (χ1v) is 17.9. The molecule has 0 amide bonds. The summed E-state index contributed by atoms with van der Waals surface area (Å²) in [4.78, 5) is 10.7. The van der Waals surface area contributed by atoms with E-state index >= 15 is 0 Å². The number of aromatic nitrogens is 3. The Morgan fingerprint density at radius 1 is 0.423 bits per heavy atom. The quantitative estimate of drug-likeness (QED) is 0.177. The Hall–Kier alpha value is -6.84. The molecule has 0 N–H and O–H groups in total. The fraction of sp³-hybridized carbons (Fsp3) is 0.0204. The van der Waals surface area contributed by atoms with Gasteiger partial charge in [0, 0.05) is 16.2 Å². The SMILES string of the molecule is c1ccc(C2(c3ccccc3)c3ccccc3-c3cc(-c4cc5c6ccccc6n6c7nc8cc9ccccc9cc8nc7c(c4)c56)ccc32)cc1. The van der Waals surface area contributed by atoms with Crippen molar-refractivity contribution in [3.8, 4) is 22.3 Å². The van der Waals surface area contributed by atoms with Gasteiger partial charge in [0.1, 0.15) is 5.52 Å². The predicted molar refractivity (Wildman–Crippen MR) is 214 cm³/mol. The normalized spacial score (nSPS) is 13.5. The lowest BCUT2D eigenvalue weighted by Gasteiger charge is -2.33. The van der Waals surface area contributed by atoms with Crippen molar-refractivity contribution >= 4 is 60.2 Å². The summed E-state index contributed by atoms with van der Waals surface area (Å²) < 4.78 is 2.33. The van der Waals surface area contributed by atoms with Gasteiger partial charge in [0.15, 0.2) is 5.65 Å². The molecule has 0 spiro atoms. The molecule has 0 atom stereocenters. The number of hydrogen-bond donors (Lipinski definition) is 0. The van der Waals surface area contributed by atoms with Gasteiger partial charge in [-0.25, -0.2) is 9.97 Å². The molecule has 8 aromatic carbocycles. The highest BCUT2D eigenvalue weighted by Gasteiger charge is 2.46. The first-order valence-electron chi connectivity index (χ1n) is 17.9. The van der Waals surface area contributed by atoms with Crippen molar-refractivity contribution in [1.29, 1.82) is 0 Å². The molecule has 0 fully saturated rings. The van der Waals surface area contributed by atoms with Crippen LogP contribution in [0, 0.1) is 0 Å². The summed E-state index contributed by atoms with van der Waals surface area (Å²) in [6, 6.07) is 64.3. The standard InChI is InChI=1S/C49H29N3/c1-3-15-34(16-4-1)49(35-17-5-2-6-18-35)41-21-11-9-19-36(41)38-25-32(23-24-42(38)49)33-26-39-37-20-10-12-22-45(37)52-47(39)40(27-33)46-48(52)51-44-29-31-14-8-7-13-30(31)28-43(44)50-46/h1-29H. The van der Waals surface area contributed by atoms with E-state index in [1.165, 1.54) is 71.6 Å². The summed E-state index contributed by atoms with van der Waals surface area (Å²) in [5.41, 5.74) is 15.7. The Balaban J connectivity index is 1.15. The van der Waals surface area contributed by atoms with E-state index in [0.717, 1.165) is 33.1 Å². The number of para-hydroxylation sites is 1. The summed E-state index contributed by atoms with van der Waals surface area (Å²) in [5.74, 6) is 0. The van der Waals surface area contributed by atoms with Crippen LogP contribution in [-0.4, -0.2) is 14.4 Å². The topological polar surface area (TPSA) is 30.2 Å². The maximum absolute atomic E-state index is 5.35. The van der Waals surface area contributed by atoms with Crippen molar-refractivity contribution in [1.82, 2.24) is 14.4 Å². The van der Waals surface area contributed by atoms with Crippen molar-refractivity contribution in [3.05, 3.63) is 198 Å². The van der Waals surface area contributed by atoms with Gasteiger partial charge < -0.3 is 0 Å². The largest absolute Gasteiger partial charge is 0.291 e. The van der Waals surface area contributed by atoms with Crippen molar-refractivity contribution in [2.75, 3.05) is 0 Å². The number of benzene rings is 8. The number of nitrogens with zero attached hydrogens (tertiary/aromatic N) is 3. The molecule has 3 aromatic heterocycles. The van der Waals surface area contributed by atoms with E-state index in [9.17, 15) is 0 Å². The minimum absolute atomic E-state index is 0.418. The summed E-state index contributed by atoms with van der Waals surface area (Å²) >= 11 is 0. The molecule has 3 heterocycles. The van der Waals surface area contributed by atoms with Crippen LogP contribution in [-0.2, 0) is 5.41 Å². The molecule has 0 bridgehead atoms. The first-order chi connectivity index (χ1) is 25.8. The highest BCUT2D eigenvalue weighted by Crippen LogP contribution is 2.56. The van der Waals surface area contributed by atoms with Crippen molar-refractivity contribution in [2.24, 2.45) is 0 Å². The lowest BCUT2D eigenvalue weighted by molar-refractivity contribution is 0.768. The molecule has 0 saturated heterocycles. The maximum atomic E-state index is 5.35. The van der Waals surface area contributed by atoms with Gasteiger partial charge in [-0.3, -0.25) is 4.40 Å². The smallest absolute Gasteiger partial charge is 0.165 e. The molecule has 52 heavy (non-hydrogen) atoms. The van der Waals surface area contributed by atoms with Crippen molar-refractivity contribution in [2.45, 2.75) is 5.41 Å². The van der Waals surface area contributed by atoms with Crippen LogP contribution >= 0.6 is 0 Å². The van der Waals surface area contributed by atoms with E-state index < -0.39 is 5.41 Å². The molecule has 12 rings (SSSR count). The average molecular weight is 660 g/mol. The molecule has 240 valence electrons. The van der Waals surface area contributed by atoms with Gasteiger partial charge in [-0.2, -0.15) is 0 Å². The van der Waals surface area contributed by atoms with E-state index in [1.54, 1.807) is 0 Å². The molecule has 3 nitrogen and oxygen atoms in total. The van der Waals surface area contributed by atoms with Gasteiger partial charge in [-0.15, -0.1) is 0 Å². The van der Waals surface area contributed by atoms with Crippen LogP contribution in [0.1, 0.15) is 22.3 Å². The van der Waals surface area contributed by atoms with Crippen LogP contribution < -0.4 is 0 Å². The zero-order chi connectivity index (χ0) is 34.0. The molecule has 0 saturated carbocycles. The number of fused-ring (bicyclic) bond motifs is 11. The van der Waals surface area contributed by atoms with E-state index in [1.807, 2.05) is 0 Å². The summed E-state index contributed by atoms with van der Waals surface area (Å²) in [6.45, 7) is 0. The Kier molecular flexibility index (Phi) is 5.43. The van der Waals surface area contributed by atoms with E-state index in [-0.39, 0.29) is 0 Å². The second kappa shape index (κ2) is 10.1. The van der Waals surface area contributed by atoms with Gasteiger partial charge in [0.25, 0.3) is 0 Å². The molecule has 1 aliphatic rings. The molecule has 0 aliphatic heterocycles. The molecular weight excluding hydrogens is 631 g/mol. The lowest BCUT2D eigenvalue weighted by Crippen LogP contribution is -2.28. The zero-order valence-corrected chi connectivity index (χ0v) is 28.1. The van der Waals surface area contributed by atoms with Crippen molar-refractivity contribution < 1.29 is 0 Å². The second-order valence-corrected chi connectivity index (χ2v) is 14.1. The van der Waals surface area contributed by atoms with Crippen LogP contribution in [0.4, 0.5) is 0 Å². The minimum Gasteiger partial charge on any atom is -0.291 e. The number of rotatable bonds is 3. The Morgan fingerprint density at radius 2 is 1.04 bits per heavy atom. The first kappa shape index (κ1) is 27.9. The van der Waals surface area contributed by atoms with Crippen LogP contribution in [0.3, 0.4) is 0 Å². The highest BCUT2D eigenvalue weighted by molar-refractivity contribution is 6.23. The Bertz CT molecular complexity index is 3190. The monoisotopic (exact) mass is 659 g/mol. The second-order valence-electron chi connectivity index (χ2n) is 14.1. The highest BCUT2D eigenvalue weighted by atomic mass is 15.0. The van der Waals surface area contributed by atoms with Crippen LogP contribution in [0.5, 0.6) is 0 Å². The molecular formula is C49H29N3. The molecule has 3 heteroatoms. The minimum atomic E-state index is -0.418. The molecule has 0 unspecified atom stereocenters. The third-order valence-electron chi connectivity index (χ3n) is 11.5. The summed E-state index contributed by atoms with van der Waals surface area (Å²) in [5, 5.41) is 5.93. The van der Waals surface area contributed by atoms with Crippen LogP contribution in [0.25, 0.3) is 82.4 Å².